The molecule has 2 rings (SSSR count). The van der Waals surface area contributed by atoms with Gasteiger partial charge in [-0.3, -0.25) is 4.79 Å². The van der Waals surface area contributed by atoms with Gasteiger partial charge in [-0.05, 0) is 25.0 Å². The molecule has 0 spiro atoms. The first-order chi connectivity index (χ1) is 9.54. The van der Waals surface area contributed by atoms with Gasteiger partial charge in [0.05, 0.1) is 16.8 Å². The highest BCUT2D eigenvalue weighted by atomic mass is 32.2. The summed E-state index contributed by atoms with van der Waals surface area (Å²) < 4.78 is 2.18. The third-order valence-corrected chi connectivity index (χ3v) is 4.70. The van der Waals surface area contributed by atoms with Crippen LogP contribution in [0.5, 0.6) is 0 Å². The second kappa shape index (κ2) is 6.31. The molecule has 1 N–H and O–H groups in total. The van der Waals surface area contributed by atoms with Gasteiger partial charge >= 0.3 is 5.97 Å². The van der Waals surface area contributed by atoms with Gasteiger partial charge < -0.3 is 9.67 Å². The second-order valence-electron chi connectivity index (χ2n) is 5.06. The van der Waals surface area contributed by atoms with E-state index in [0.29, 0.717) is 12.0 Å². The summed E-state index contributed by atoms with van der Waals surface area (Å²) in [6, 6.07) is 8.27. The first-order valence-electron chi connectivity index (χ1n) is 6.86. The number of carboxylic acid groups (broad SMARTS) is 1. The highest BCUT2D eigenvalue weighted by Crippen LogP contribution is 2.31. The largest absolute Gasteiger partial charge is 0.481 e. The molecule has 1 aromatic carbocycles. The molecule has 108 valence electrons. The van der Waals surface area contributed by atoms with Crippen LogP contribution in [0.25, 0.3) is 11.0 Å². The number of aliphatic carboxylic acids is 1. The highest BCUT2D eigenvalue weighted by molar-refractivity contribution is 7.99. The molecule has 4 nitrogen and oxygen atoms in total. The van der Waals surface area contributed by atoms with Gasteiger partial charge in [-0.25, -0.2) is 4.98 Å². The molecule has 1 heterocycles. The molecule has 2 aromatic rings. The van der Waals surface area contributed by atoms with E-state index in [-0.39, 0.29) is 5.75 Å². The zero-order valence-electron chi connectivity index (χ0n) is 12.0. The number of hydrogen-bond acceptors (Lipinski definition) is 3. The van der Waals surface area contributed by atoms with Gasteiger partial charge in [0.25, 0.3) is 0 Å². The molecule has 0 aliphatic heterocycles. The molecule has 2 atom stereocenters. The minimum absolute atomic E-state index is 0.0382. The Morgan fingerprint density at radius 3 is 2.75 bits per heavy atom. The molecule has 0 fully saturated rings. The lowest BCUT2D eigenvalue weighted by Crippen LogP contribution is -2.15. The third kappa shape index (κ3) is 2.98. The average molecular weight is 292 g/mol. The van der Waals surface area contributed by atoms with Crippen LogP contribution in [0, 0.1) is 5.92 Å². The second-order valence-corrected chi connectivity index (χ2v) is 6.00. The van der Waals surface area contributed by atoms with Crippen LogP contribution in [0.4, 0.5) is 0 Å². The molecule has 0 amide bonds. The number of carbonyl (C=O) groups is 1. The summed E-state index contributed by atoms with van der Waals surface area (Å²) in [7, 11) is 0. The van der Waals surface area contributed by atoms with E-state index in [1.807, 2.05) is 24.3 Å². The van der Waals surface area contributed by atoms with Crippen molar-refractivity contribution in [3.8, 4) is 0 Å². The number of carboxylic acids is 1. The maximum atomic E-state index is 10.8. The molecule has 0 radical (unpaired) electrons. The molecule has 0 saturated heterocycles. The molecule has 1 aromatic heterocycles. The van der Waals surface area contributed by atoms with Crippen LogP contribution in [-0.4, -0.2) is 26.4 Å². The van der Waals surface area contributed by atoms with Gasteiger partial charge in [-0.15, -0.1) is 0 Å². The van der Waals surface area contributed by atoms with Crippen LogP contribution in [0.2, 0.25) is 0 Å². The summed E-state index contributed by atoms with van der Waals surface area (Å²) in [5.74, 6) is -0.266. The molecular formula is C15H20N2O2S. The van der Waals surface area contributed by atoms with Crippen molar-refractivity contribution in [2.45, 2.75) is 38.4 Å². The van der Waals surface area contributed by atoms with Gasteiger partial charge in [0.15, 0.2) is 5.16 Å². The fourth-order valence-electron chi connectivity index (χ4n) is 2.24. The maximum absolute atomic E-state index is 10.8. The van der Waals surface area contributed by atoms with Crippen molar-refractivity contribution in [2.75, 3.05) is 5.75 Å². The number of rotatable bonds is 6. The summed E-state index contributed by atoms with van der Waals surface area (Å²) in [5.41, 5.74) is 2.00. The van der Waals surface area contributed by atoms with Gasteiger partial charge in [0.1, 0.15) is 0 Å². The Balaban J connectivity index is 2.46. The van der Waals surface area contributed by atoms with Crippen LogP contribution in [0.15, 0.2) is 29.4 Å². The van der Waals surface area contributed by atoms with Gasteiger partial charge in [-0.1, -0.05) is 44.2 Å². The van der Waals surface area contributed by atoms with E-state index in [1.54, 1.807) is 0 Å². The van der Waals surface area contributed by atoms with Gasteiger partial charge in [0.2, 0.25) is 0 Å². The van der Waals surface area contributed by atoms with Crippen molar-refractivity contribution in [3.05, 3.63) is 24.3 Å². The lowest BCUT2D eigenvalue weighted by molar-refractivity contribution is -0.133. The number of para-hydroxylation sites is 2. The zero-order valence-corrected chi connectivity index (χ0v) is 12.9. The molecule has 5 heteroatoms. The molecule has 0 bridgehead atoms. The lowest BCUT2D eigenvalue weighted by atomic mass is 10.0. The third-order valence-electron chi connectivity index (χ3n) is 3.76. The standard InChI is InChI=1S/C15H20N2O2S/c1-4-10(2)11(3)17-13-8-6-5-7-12(13)16-15(17)20-9-14(18)19/h5-8,10-11H,4,9H2,1-3H3,(H,18,19). The Morgan fingerprint density at radius 1 is 1.40 bits per heavy atom. The summed E-state index contributed by atoms with van der Waals surface area (Å²) in [6.45, 7) is 6.56. The van der Waals surface area contributed by atoms with Crippen LogP contribution in [0.1, 0.15) is 33.2 Å². The van der Waals surface area contributed by atoms with E-state index in [0.717, 1.165) is 22.6 Å². The van der Waals surface area contributed by atoms with Crippen LogP contribution < -0.4 is 0 Å². The minimum Gasteiger partial charge on any atom is -0.481 e. The van der Waals surface area contributed by atoms with E-state index in [9.17, 15) is 4.79 Å². The number of imidazole rings is 1. The Hall–Kier alpha value is -1.49. The van der Waals surface area contributed by atoms with E-state index in [4.69, 9.17) is 5.11 Å². The maximum Gasteiger partial charge on any atom is 0.313 e. The summed E-state index contributed by atoms with van der Waals surface area (Å²) in [5, 5.41) is 9.67. The quantitative estimate of drug-likeness (QED) is 0.822. The predicted octanol–water partition coefficient (Wildman–Crippen LogP) is 3.82. The van der Waals surface area contributed by atoms with Crippen molar-refractivity contribution in [1.29, 1.82) is 0 Å². The van der Waals surface area contributed by atoms with E-state index in [2.05, 4.69) is 30.3 Å². The molecule has 0 aliphatic carbocycles. The van der Waals surface area contributed by atoms with Crippen LogP contribution in [-0.2, 0) is 4.79 Å². The van der Waals surface area contributed by atoms with Gasteiger partial charge in [0, 0.05) is 6.04 Å². The zero-order chi connectivity index (χ0) is 14.7. The Bertz CT molecular complexity index is 609. The average Bonchev–Trinajstić information content (AvgIpc) is 2.81. The fourth-order valence-corrected chi connectivity index (χ4v) is 3.06. The Labute approximate surface area is 123 Å². The SMILES string of the molecule is CCC(C)C(C)n1c(SCC(=O)O)nc2ccccc21. The summed E-state index contributed by atoms with van der Waals surface area (Å²) >= 11 is 1.29. The summed E-state index contributed by atoms with van der Waals surface area (Å²) in [4.78, 5) is 15.4. The fraction of sp³-hybridized carbons (Fsp3) is 0.467. The molecule has 20 heavy (non-hydrogen) atoms. The normalized spacial score (nSPS) is 14.3. The molecular weight excluding hydrogens is 272 g/mol. The topological polar surface area (TPSA) is 55.1 Å². The van der Waals surface area contributed by atoms with Crippen molar-refractivity contribution >= 4 is 28.8 Å². The molecule has 0 aliphatic rings. The smallest absolute Gasteiger partial charge is 0.313 e. The first kappa shape index (κ1) is 14.9. The lowest BCUT2D eigenvalue weighted by Gasteiger charge is -2.22. The van der Waals surface area contributed by atoms with E-state index >= 15 is 0 Å². The monoisotopic (exact) mass is 292 g/mol. The molecule has 2 unspecified atom stereocenters. The van der Waals surface area contributed by atoms with Crippen molar-refractivity contribution in [3.63, 3.8) is 0 Å². The highest BCUT2D eigenvalue weighted by Gasteiger charge is 2.20. The van der Waals surface area contributed by atoms with Crippen molar-refractivity contribution in [2.24, 2.45) is 5.92 Å². The van der Waals surface area contributed by atoms with E-state index in [1.165, 1.54) is 11.8 Å². The van der Waals surface area contributed by atoms with Crippen molar-refractivity contribution in [1.82, 2.24) is 9.55 Å². The minimum atomic E-state index is -0.815. The number of fused-ring (bicyclic) bond motifs is 1. The number of benzene rings is 1. The number of thioether (sulfide) groups is 1. The first-order valence-corrected chi connectivity index (χ1v) is 7.84. The molecule has 0 saturated carbocycles. The van der Waals surface area contributed by atoms with Crippen LogP contribution in [0.3, 0.4) is 0 Å². The Kier molecular flexibility index (Phi) is 4.70. The van der Waals surface area contributed by atoms with Crippen LogP contribution >= 0.6 is 11.8 Å². The predicted molar refractivity (Wildman–Crippen MR) is 82.3 cm³/mol. The van der Waals surface area contributed by atoms with Crippen molar-refractivity contribution < 1.29 is 9.90 Å². The van der Waals surface area contributed by atoms with Gasteiger partial charge in [-0.2, -0.15) is 0 Å². The Morgan fingerprint density at radius 2 is 2.10 bits per heavy atom. The number of aromatic nitrogens is 2. The number of hydrogen-bond donors (Lipinski definition) is 1. The summed E-state index contributed by atoms with van der Waals surface area (Å²) in [6.07, 6.45) is 1.08. The number of nitrogens with zero attached hydrogens (tertiary/aromatic N) is 2. The van der Waals surface area contributed by atoms with E-state index < -0.39 is 5.97 Å².